The van der Waals surface area contributed by atoms with Crippen LogP contribution in [0.4, 0.5) is 0 Å². The van der Waals surface area contributed by atoms with Crippen LogP contribution in [0.3, 0.4) is 0 Å². The predicted octanol–water partition coefficient (Wildman–Crippen LogP) is 11.4. The minimum atomic E-state index is 1.07. The van der Waals surface area contributed by atoms with E-state index < -0.39 is 0 Å². The van der Waals surface area contributed by atoms with Crippen molar-refractivity contribution >= 4 is 5.57 Å². The molecule has 2 aromatic rings. The molecule has 0 heteroatoms. The summed E-state index contributed by atoms with van der Waals surface area (Å²) in [5, 5.41) is 0. The van der Waals surface area contributed by atoms with Crippen molar-refractivity contribution in [2.24, 2.45) is 0 Å². The van der Waals surface area contributed by atoms with Crippen LogP contribution in [0, 0.1) is 47.5 Å². The van der Waals surface area contributed by atoms with Crippen molar-refractivity contribution < 1.29 is 0 Å². The van der Waals surface area contributed by atoms with E-state index in [2.05, 4.69) is 105 Å². The number of benzene rings is 2. The third kappa shape index (κ3) is 19.3. The summed E-state index contributed by atoms with van der Waals surface area (Å²) >= 11 is 0. The van der Waals surface area contributed by atoms with E-state index >= 15 is 0 Å². The van der Waals surface area contributed by atoms with Gasteiger partial charge in [0.05, 0.1) is 0 Å². The Morgan fingerprint density at radius 1 is 0.838 bits per heavy atom. The molecule has 0 N–H and O–H groups in total. The van der Waals surface area contributed by atoms with Crippen LogP contribution in [0.2, 0.25) is 0 Å². The second kappa shape index (κ2) is 22.9. The Balaban J connectivity index is -0.000000417. The molecule has 37 heavy (non-hydrogen) atoms. The van der Waals surface area contributed by atoms with Gasteiger partial charge < -0.3 is 0 Å². The summed E-state index contributed by atoms with van der Waals surface area (Å²) in [5.41, 5.74) is 12.7. The van der Waals surface area contributed by atoms with Gasteiger partial charge in [-0.25, -0.2) is 0 Å². The number of hydrogen-bond donors (Lipinski definition) is 0. The van der Waals surface area contributed by atoms with Gasteiger partial charge in [-0.2, -0.15) is 0 Å². The lowest BCUT2D eigenvalue weighted by atomic mass is 10.0. The fourth-order valence-electron chi connectivity index (χ4n) is 2.95. The molecule has 0 aliphatic carbocycles. The fraction of sp³-hybridized carbons (Fsp3) is 0.297. The van der Waals surface area contributed by atoms with E-state index in [0.29, 0.717) is 0 Å². The maximum atomic E-state index is 4.00. The Labute approximate surface area is 230 Å². The highest BCUT2D eigenvalue weighted by molar-refractivity contribution is 5.64. The molecule has 0 nitrogen and oxygen atoms in total. The van der Waals surface area contributed by atoms with Crippen LogP contribution in [0.15, 0.2) is 104 Å². The van der Waals surface area contributed by atoms with Crippen molar-refractivity contribution in [3.8, 4) is 12.8 Å². The highest BCUT2D eigenvalue weighted by Gasteiger charge is 1.96. The number of allylic oxidation sites excluding steroid dienone is 8. The number of hydrogen-bond acceptors (Lipinski definition) is 0. The molecule has 0 aliphatic rings. The van der Waals surface area contributed by atoms with E-state index in [0.717, 1.165) is 23.1 Å². The smallest absolute Gasteiger partial charge is 0.0204 e. The average Bonchev–Trinajstić information content (AvgIpc) is 2.84. The molecule has 0 atom stereocenters. The fourth-order valence-corrected chi connectivity index (χ4v) is 2.95. The van der Waals surface area contributed by atoms with Crippen LogP contribution in [-0.4, -0.2) is 0 Å². The third-order valence-electron chi connectivity index (χ3n) is 5.42. The molecule has 0 amide bonds. The lowest BCUT2D eigenvalue weighted by molar-refractivity contribution is 1.11. The van der Waals surface area contributed by atoms with E-state index in [9.17, 15) is 0 Å². The highest BCUT2D eigenvalue weighted by Crippen LogP contribution is 2.15. The maximum absolute atomic E-state index is 4.00. The van der Waals surface area contributed by atoms with Crippen LogP contribution in [-0.2, 0) is 0 Å². The van der Waals surface area contributed by atoms with Gasteiger partial charge in [0, 0.05) is 0 Å². The summed E-state index contributed by atoms with van der Waals surface area (Å²) in [6, 6.07) is 12.7. The van der Waals surface area contributed by atoms with Gasteiger partial charge in [0.2, 0.25) is 0 Å². The minimum absolute atomic E-state index is 1.07. The first-order valence-corrected chi connectivity index (χ1v) is 12.7. The average molecular weight is 497 g/mol. The molecule has 0 aromatic heterocycles. The number of aryl methyl sites for hydroxylation is 4. The lowest BCUT2D eigenvalue weighted by Crippen LogP contribution is -1.86. The van der Waals surface area contributed by atoms with Gasteiger partial charge in [0.15, 0.2) is 0 Å². The maximum Gasteiger partial charge on any atom is -0.0204 e. The van der Waals surface area contributed by atoms with Gasteiger partial charge in [-0.05, 0) is 102 Å². The Morgan fingerprint density at radius 3 is 1.59 bits per heavy atom. The molecule has 0 spiro atoms. The molecule has 2 aromatic carbocycles. The molecule has 0 unspecified atom stereocenters. The first-order valence-electron chi connectivity index (χ1n) is 12.7. The molecule has 0 heterocycles. The Morgan fingerprint density at radius 2 is 1.30 bits per heavy atom. The topological polar surface area (TPSA) is 0 Å². The first-order chi connectivity index (χ1) is 17.3. The van der Waals surface area contributed by atoms with Crippen molar-refractivity contribution in [1.82, 2.24) is 0 Å². The zero-order valence-corrected chi connectivity index (χ0v) is 25.5. The van der Waals surface area contributed by atoms with Gasteiger partial charge in [-0.1, -0.05) is 110 Å². The van der Waals surface area contributed by atoms with E-state index in [1.165, 1.54) is 39.0 Å². The normalized spacial score (nSPS) is 9.57. The van der Waals surface area contributed by atoms with Crippen LogP contribution < -0.4 is 0 Å². The quantitative estimate of drug-likeness (QED) is 0.219. The third-order valence-corrected chi connectivity index (χ3v) is 5.42. The van der Waals surface area contributed by atoms with Crippen LogP contribution in [0.25, 0.3) is 5.57 Å². The monoisotopic (exact) mass is 496 g/mol. The second-order valence-electron chi connectivity index (χ2n) is 9.07. The Kier molecular flexibility index (Phi) is 23.5. The molecule has 0 fully saturated rings. The standard InChI is InChI=1S/C10H14.C10H12.C10H14.C5H10.C2H2/c1-7-5-8(2)10(4)9(3)6-7;1-8(2)10-7-5-4-6-9(10)3;1-5-7-10(8-6-2)9(3)4;1-4-5(2)3;1-2/h5-6H,1-4H3;4-7H,1H2,2-3H3;5-8H,1,3H2,2,4H3;2,4H2,1,3H3;1-2H/b;;8-6-,10-7+;;. The predicted molar refractivity (Wildman–Crippen MR) is 174 cm³/mol. The molecular formula is C37H52. The van der Waals surface area contributed by atoms with Gasteiger partial charge in [-0.15, -0.1) is 19.4 Å². The summed E-state index contributed by atoms with van der Waals surface area (Å²) in [7, 11) is 0. The van der Waals surface area contributed by atoms with Crippen molar-refractivity contribution in [3.05, 3.63) is 137 Å². The largest absolute Gasteiger partial charge is 0.124 e. The van der Waals surface area contributed by atoms with Crippen molar-refractivity contribution in [1.29, 1.82) is 0 Å². The summed E-state index contributed by atoms with van der Waals surface area (Å²) < 4.78 is 0. The zero-order chi connectivity index (χ0) is 29.6. The first kappa shape index (κ1) is 38.0. The van der Waals surface area contributed by atoms with Crippen molar-refractivity contribution in [2.45, 2.75) is 75.7 Å². The molecule has 0 bridgehead atoms. The summed E-state index contributed by atoms with van der Waals surface area (Å²) in [6.45, 7) is 35.9. The number of rotatable bonds is 5. The van der Waals surface area contributed by atoms with Gasteiger partial charge in [-0.3, -0.25) is 0 Å². The molecule has 0 aliphatic heterocycles. The molecular weight excluding hydrogens is 444 g/mol. The molecule has 2 rings (SSSR count). The van der Waals surface area contributed by atoms with Crippen LogP contribution >= 0.6 is 0 Å². The summed E-state index contributed by atoms with van der Waals surface area (Å²) in [4.78, 5) is 0. The summed E-state index contributed by atoms with van der Waals surface area (Å²) in [5.74, 6) is 0. The SMILES string of the molecule is C#C.C=C(C)CC.C=C(C)c1ccccc1C.C=C/C=C(\C=C/C)C(=C)C.Cc1cc(C)c(C)c(C)c1. The van der Waals surface area contributed by atoms with Gasteiger partial charge >= 0.3 is 0 Å². The van der Waals surface area contributed by atoms with E-state index in [1.807, 2.05) is 58.1 Å². The van der Waals surface area contributed by atoms with E-state index in [-0.39, 0.29) is 0 Å². The Bertz CT molecular complexity index is 1040. The van der Waals surface area contributed by atoms with E-state index in [1.54, 1.807) is 6.08 Å². The van der Waals surface area contributed by atoms with Gasteiger partial charge in [0.1, 0.15) is 0 Å². The zero-order valence-electron chi connectivity index (χ0n) is 25.5. The van der Waals surface area contributed by atoms with Crippen molar-refractivity contribution in [2.75, 3.05) is 0 Å². The van der Waals surface area contributed by atoms with Gasteiger partial charge in [0.25, 0.3) is 0 Å². The molecule has 0 radical (unpaired) electrons. The Hall–Kier alpha value is -3.56. The summed E-state index contributed by atoms with van der Waals surface area (Å²) in [6.07, 6.45) is 16.8. The molecule has 0 saturated carbocycles. The second-order valence-corrected chi connectivity index (χ2v) is 9.07. The lowest BCUT2D eigenvalue weighted by Gasteiger charge is -2.04. The van der Waals surface area contributed by atoms with E-state index in [4.69, 9.17) is 0 Å². The molecule has 0 saturated heterocycles. The number of terminal acetylenes is 1. The minimum Gasteiger partial charge on any atom is -0.124 e. The molecule has 200 valence electrons. The van der Waals surface area contributed by atoms with Crippen LogP contribution in [0.5, 0.6) is 0 Å². The highest BCUT2D eigenvalue weighted by atomic mass is 14.0. The van der Waals surface area contributed by atoms with Crippen molar-refractivity contribution in [3.63, 3.8) is 0 Å². The van der Waals surface area contributed by atoms with Crippen LogP contribution in [0.1, 0.15) is 74.4 Å².